The van der Waals surface area contributed by atoms with Crippen molar-refractivity contribution in [2.45, 2.75) is 4.90 Å². The van der Waals surface area contributed by atoms with Crippen LogP contribution in [-0.2, 0) is 0 Å². The molecule has 1 heterocycles. The van der Waals surface area contributed by atoms with Crippen LogP contribution in [0.25, 0.3) is 22.0 Å². The molecule has 0 saturated heterocycles. The number of halogens is 2. The summed E-state index contributed by atoms with van der Waals surface area (Å²) in [5.41, 5.74) is 6.55. The van der Waals surface area contributed by atoms with Crippen LogP contribution in [0.1, 0.15) is 0 Å². The van der Waals surface area contributed by atoms with Gasteiger partial charge in [-0.3, -0.25) is 0 Å². The fourth-order valence-electron chi connectivity index (χ4n) is 3.09. The van der Waals surface area contributed by atoms with E-state index in [4.69, 9.17) is 15.2 Å². The maximum Gasteiger partial charge on any atom is 0.220 e. The molecule has 0 amide bonds. The van der Waals surface area contributed by atoms with Crippen LogP contribution in [0, 0.1) is 11.6 Å². The lowest BCUT2D eigenvalue weighted by Gasteiger charge is -2.13. The van der Waals surface area contributed by atoms with Gasteiger partial charge < -0.3 is 19.9 Å². The van der Waals surface area contributed by atoms with Crippen LogP contribution < -0.4 is 19.9 Å². The predicted octanol–water partition coefficient (Wildman–Crippen LogP) is 5.29. The maximum absolute atomic E-state index is 15.2. The summed E-state index contributed by atoms with van der Waals surface area (Å²) in [5, 5.41) is 0.628. The van der Waals surface area contributed by atoms with Gasteiger partial charge in [0.2, 0.25) is 5.95 Å². The number of ether oxygens (including phenoxy) is 2. The van der Waals surface area contributed by atoms with Crippen molar-refractivity contribution in [3.05, 3.63) is 66.4 Å². The average molecular weight is 440 g/mol. The van der Waals surface area contributed by atoms with E-state index < -0.39 is 11.6 Å². The average Bonchev–Trinajstić information content (AvgIpc) is 2.78. The lowest BCUT2D eigenvalue weighted by molar-refractivity contribution is 0.354. The van der Waals surface area contributed by atoms with Gasteiger partial charge in [-0.1, -0.05) is 6.07 Å². The summed E-state index contributed by atoms with van der Waals surface area (Å²) in [6.45, 7) is 0. The highest BCUT2D eigenvalue weighted by Gasteiger charge is 2.17. The van der Waals surface area contributed by atoms with E-state index >= 15 is 4.39 Å². The number of nitrogens with two attached hydrogens (primary N) is 1. The summed E-state index contributed by atoms with van der Waals surface area (Å²) in [5.74, 6) is -0.104. The summed E-state index contributed by atoms with van der Waals surface area (Å²) in [6, 6.07) is 12.8. The predicted molar refractivity (Wildman–Crippen MR) is 118 cm³/mol. The molecule has 4 aromatic rings. The molecule has 3 N–H and O–H groups in total. The Morgan fingerprint density at radius 1 is 0.968 bits per heavy atom. The molecule has 4 rings (SSSR count). The normalized spacial score (nSPS) is 10.8. The first kappa shape index (κ1) is 20.7. The molecule has 0 unspecified atom stereocenters. The summed E-state index contributed by atoms with van der Waals surface area (Å²) in [6.07, 6.45) is 1.52. The van der Waals surface area contributed by atoms with Crippen LogP contribution in [0.2, 0.25) is 0 Å². The number of methoxy groups -OCH3 is 2. The second-order valence-corrected chi connectivity index (χ2v) is 7.39. The lowest BCUT2D eigenvalue weighted by Crippen LogP contribution is -1.98. The zero-order valence-electron chi connectivity index (χ0n) is 16.6. The SMILES string of the molecule is COc1ccc(SNc2ccc(F)c(-c3ccc4nc(N)ncc4c3)c2F)cc1OC. The van der Waals surface area contributed by atoms with Gasteiger partial charge in [0, 0.05) is 16.5 Å². The van der Waals surface area contributed by atoms with Crippen LogP contribution in [0.5, 0.6) is 11.5 Å². The monoisotopic (exact) mass is 440 g/mol. The summed E-state index contributed by atoms with van der Waals surface area (Å²) in [4.78, 5) is 8.81. The number of fused-ring (bicyclic) bond motifs is 1. The highest BCUT2D eigenvalue weighted by molar-refractivity contribution is 8.00. The summed E-state index contributed by atoms with van der Waals surface area (Å²) < 4.78 is 43.2. The molecular formula is C22H18F2N4O2S. The van der Waals surface area contributed by atoms with Crippen LogP contribution in [0.15, 0.2) is 59.6 Å². The van der Waals surface area contributed by atoms with E-state index in [1.54, 1.807) is 43.5 Å². The van der Waals surface area contributed by atoms with E-state index in [1.165, 1.54) is 37.4 Å². The summed E-state index contributed by atoms with van der Waals surface area (Å²) >= 11 is 1.17. The van der Waals surface area contributed by atoms with Crippen molar-refractivity contribution in [3.8, 4) is 22.6 Å². The van der Waals surface area contributed by atoms with E-state index in [2.05, 4.69) is 14.7 Å². The fraction of sp³-hybridized carbons (Fsp3) is 0.0909. The number of benzene rings is 3. The van der Waals surface area contributed by atoms with Crippen molar-refractivity contribution in [1.29, 1.82) is 0 Å². The van der Waals surface area contributed by atoms with Crippen LogP contribution in [0.3, 0.4) is 0 Å². The molecule has 1 aromatic heterocycles. The van der Waals surface area contributed by atoms with Gasteiger partial charge in [-0.25, -0.2) is 18.7 Å². The molecule has 158 valence electrons. The molecule has 0 saturated carbocycles. The molecule has 0 aliphatic carbocycles. The smallest absolute Gasteiger partial charge is 0.220 e. The fourth-order valence-corrected chi connectivity index (χ4v) is 3.78. The summed E-state index contributed by atoms with van der Waals surface area (Å²) in [7, 11) is 3.08. The first-order valence-corrected chi connectivity index (χ1v) is 9.97. The molecule has 9 heteroatoms. The van der Waals surface area contributed by atoms with E-state index in [-0.39, 0.29) is 17.2 Å². The van der Waals surface area contributed by atoms with Crippen LogP contribution >= 0.6 is 11.9 Å². The Bertz CT molecular complexity index is 1270. The largest absolute Gasteiger partial charge is 0.493 e. The van der Waals surface area contributed by atoms with Gasteiger partial charge in [-0.15, -0.1) is 0 Å². The number of nitrogens with one attached hydrogen (secondary N) is 1. The highest BCUT2D eigenvalue weighted by Crippen LogP contribution is 2.36. The molecule has 6 nitrogen and oxygen atoms in total. The third kappa shape index (κ3) is 4.17. The minimum atomic E-state index is -0.705. The molecule has 0 radical (unpaired) electrons. The Balaban J connectivity index is 1.64. The van der Waals surface area contributed by atoms with Crippen molar-refractivity contribution >= 4 is 34.5 Å². The Morgan fingerprint density at radius 3 is 2.55 bits per heavy atom. The number of hydrogen-bond acceptors (Lipinski definition) is 7. The highest BCUT2D eigenvalue weighted by atomic mass is 32.2. The van der Waals surface area contributed by atoms with Gasteiger partial charge in [-0.2, -0.15) is 0 Å². The first-order valence-electron chi connectivity index (χ1n) is 9.15. The number of rotatable bonds is 6. The van der Waals surface area contributed by atoms with E-state index in [0.717, 1.165) is 4.90 Å². The first-order chi connectivity index (χ1) is 15.0. The zero-order valence-corrected chi connectivity index (χ0v) is 17.5. The second kappa shape index (κ2) is 8.65. The van der Waals surface area contributed by atoms with Crippen molar-refractivity contribution in [3.63, 3.8) is 0 Å². The number of hydrogen-bond donors (Lipinski definition) is 2. The Hall–Kier alpha value is -3.59. The topological polar surface area (TPSA) is 82.3 Å². The minimum Gasteiger partial charge on any atom is -0.493 e. The second-order valence-electron chi connectivity index (χ2n) is 6.51. The van der Waals surface area contributed by atoms with Crippen molar-refractivity contribution in [2.24, 2.45) is 0 Å². The van der Waals surface area contributed by atoms with E-state index in [0.29, 0.717) is 28.0 Å². The van der Waals surface area contributed by atoms with Gasteiger partial charge in [0.15, 0.2) is 17.3 Å². The molecule has 0 aliphatic heterocycles. The third-order valence-electron chi connectivity index (χ3n) is 4.61. The lowest BCUT2D eigenvalue weighted by atomic mass is 10.0. The van der Waals surface area contributed by atoms with Gasteiger partial charge in [0.1, 0.15) is 5.82 Å². The molecule has 0 aliphatic rings. The number of anilines is 2. The maximum atomic E-state index is 15.2. The zero-order chi connectivity index (χ0) is 22.0. The van der Waals surface area contributed by atoms with Crippen LogP contribution in [0.4, 0.5) is 20.4 Å². The number of nitrogens with zero attached hydrogens (tertiary/aromatic N) is 2. The number of nitrogen functional groups attached to an aromatic ring is 1. The third-order valence-corrected chi connectivity index (χ3v) is 5.42. The molecule has 3 aromatic carbocycles. The van der Waals surface area contributed by atoms with Gasteiger partial charge in [-0.05, 0) is 60.0 Å². The molecule has 0 bridgehead atoms. The van der Waals surface area contributed by atoms with E-state index in [1.807, 2.05) is 0 Å². The van der Waals surface area contributed by atoms with Gasteiger partial charge in [0.25, 0.3) is 0 Å². The Morgan fingerprint density at radius 2 is 1.77 bits per heavy atom. The Kier molecular flexibility index (Phi) is 5.77. The molecule has 0 fully saturated rings. The molecule has 31 heavy (non-hydrogen) atoms. The molecular weight excluding hydrogens is 422 g/mol. The van der Waals surface area contributed by atoms with Crippen LogP contribution in [-0.4, -0.2) is 24.2 Å². The van der Waals surface area contributed by atoms with Crippen molar-refractivity contribution < 1.29 is 18.3 Å². The van der Waals surface area contributed by atoms with Crippen molar-refractivity contribution in [1.82, 2.24) is 9.97 Å². The minimum absolute atomic E-state index is 0.135. The van der Waals surface area contributed by atoms with Gasteiger partial charge in [0.05, 0.1) is 31.0 Å². The Labute approximate surface area is 181 Å². The van der Waals surface area contributed by atoms with Gasteiger partial charge >= 0.3 is 0 Å². The quantitative estimate of drug-likeness (QED) is 0.394. The standard InChI is InChI=1S/C22H18F2N4O2S/c1-29-18-8-4-14(10-19(18)30-2)31-28-17-7-5-15(23)20(21(17)24)12-3-6-16-13(9-12)11-26-22(25)27-16/h3-11,28H,1-2H3,(H2,25,26,27). The number of aromatic nitrogens is 2. The molecule has 0 spiro atoms. The molecule has 0 atom stereocenters. The van der Waals surface area contributed by atoms with E-state index in [9.17, 15) is 4.39 Å². The van der Waals surface area contributed by atoms with Crippen molar-refractivity contribution in [2.75, 3.05) is 24.7 Å².